The average molecular weight is 286 g/mol. The fourth-order valence-electron chi connectivity index (χ4n) is 2.68. The molecule has 1 aliphatic heterocycles. The van der Waals surface area contributed by atoms with Crippen molar-refractivity contribution in [2.75, 3.05) is 18.1 Å². The molecule has 3 nitrogen and oxygen atoms in total. The summed E-state index contributed by atoms with van der Waals surface area (Å²) in [7, 11) is 0. The maximum atomic E-state index is 10.4. The summed E-state index contributed by atoms with van der Waals surface area (Å²) in [5, 5.41) is 8.57. The molecule has 1 heterocycles. The van der Waals surface area contributed by atoms with Gasteiger partial charge in [-0.2, -0.15) is 11.8 Å². The van der Waals surface area contributed by atoms with Gasteiger partial charge in [0.2, 0.25) is 0 Å². The summed E-state index contributed by atoms with van der Waals surface area (Å²) >= 11 is 2.08. The van der Waals surface area contributed by atoms with Gasteiger partial charge < -0.3 is 9.84 Å². The Kier molecular flexibility index (Phi) is 6.51. The number of carbonyl (C=O) groups is 1. The van der Waals surface area contributed by atoms with E-state index >= 15 is 0 Å². The second-order valence-corrected chi connectivity index (χ2v) is 7.01. The van der Waals surface area contributed by atoms with Crippen molar-refractivity contribution >= 4 is 17.7 Å². The molecule has 0 aromatic carbocycles. The number of hydrogen-bond donors (Lipinski definition) is 1. The molecule has 0 radical (unpaired) electrons. The van der Waals surface area contributed by atoms with Gasteiger partial charge in [-0.1, -0.05) is 19.3 Å². The van der Waals surface area contributed by atoms with Crippen LogP contribution in [0.4, 0.5) is 0 Å². The van der Waals surface area contributed by atoms with E-state index in [0.717, 1.165) is 31.3 Å². The first-order valence-corrected chi connectivity index (χ1v) is 8.82. The number of ether oxygens (including phenoxy) is 1. The van der Waals surface area contributed by atoms with Gasteiger partial charge in [0.25, 0.3) is 0 Å². The summed E-state index contributed by atoms with van der Waals surface area (Å²) in [6.45, 7) is 0.974. The fraction of sp³-hybridized carbons (Fsp3) is 0.933. The van der Waals surface area contributed by atoms with Crippen LogP contribution in [0.2, 0.25) is 0 Å². The van der Waals surface area contributed by atoms with E-state index in [-0.39, 0.29) is 0 Å². The van der Waals surface area contributed by atoms with Crippen molar-refractivity contribution in [2.24, 2.45) is 11.8 Å². The zero-order chi connectivity index (χ0) is 13.5. The summed E-state index contributed by atoms with van der Waals surface area (Å²) in [6, 6.07) is 0. The normalized spacial score (nSPS) is 26.7. The number of unbranched alkanes of at least 4 members (excludes halogenated alkanes) is 3. The van der Waals surface area contributed by atoms with Gasteiger partial charge in [-0.05, 0) is 49.0 Å². The fourth-order valence-corrected chi connectivity index (χ4v) is 4.23. The molecule has 0 unspecified atom stereocenters. The largest absolute Gasteiger partial charge is 0.481 e. The van der Waals surface area contributed by atoms with Crippen LogP contribution in [0.15, 0.2) is 0 Å². The maximum absolute atomic E-state index is 10.4. The Morgan fingerprint density at radius 1 is 1.11 bits per heavy atom. The molecule has 0 amide bonds. The van der Waals surface area contributed by atoms with Crippen molar-refractivity contribution < 1.29 is 14.6 Å². The molecule has 1 aliphatic carbocycles. The minimum Gasteiger partial charge on any atom is -0.481 e. The first kappa shape index (κ1) is 15.2. The summed E-state index contributed by atoms with van der Waals surface area (Å²) in [5.74, 6) is 3.52. The molecule has 0 aromatic rings. The van der Waals surface area contributed by atoms with E-state index in [1.807, 2.05) is 0 Å². The summed E-state index contributed by atoms with van der Waals surface area (Å²) < 4.78 is 5.86. The van der Waals surface area contributed by atoms with E-state index in [2.05, 4.69) is 11.8 Å². The highest BCUT2D eigenvalue weighted by molar-refractivity contribution is 7.99. The Morgan fingerprint density at radius 3 is 2.58 bits per heavy atom. The van der Waals surface area contributed by atoms with Crippen molar-refractivity contribution in [1.29, 1.82) is 0 Å². The maximum Gasteiger partial charge on any atom is 0.303 e. The molecule has 2 fully saturated rings. The average Bonchev–Trinajstić information content (AvgIpc) is 3.10. The molecular formula is C15H26O3S. The lowest BCUT2D eigenvalue weighted by atomic mass is 9.91. The summed E-state index contributed by atoms with van der Waals surface area (Å²) in [4.78, 5) is 10.4. The first-order chi connectivity index (χ1) is 9.25. The summed E-state index contributed by atoms with van der Waals surface area (Å²) in [5.41, 5.74) is 0. The van der Waals surface area contributed by atoms with Gasteiger partial charge in [-0.15, -0.1) is 0 Å². The molecule has 1 N–H and O–H groups in total. The van der Waals surface area contributed by atoms with E-state index in [0.29, 0.717) is 12.5 Å². The molecule has 4 heteroatoms. The highest BCUT2D eigenvalue weighted by atomic mass is 32.2. The number of hydrogen-bond acceptors (Lipinski definition) is 3. The molecule has 2 aliphatic rings. The predicted octanol–water partition coefficient (Wildman–Crippen LogP) is 3.57. The van der Waals surface area contributed by atoms with Crippen LogP contribution in [0.1, 0.15) is 51.4 Å². The van der Waals surface area contributed by atoms with Crippen LogP contribution in [-0.2, 0) is 9.53 Å². The van der Waals surface area contributed by atoms with Gasteiger partial charge in [-0.3, -0.25) is 4.79 Å². The van der Waals surface area contributed by atoms with Gasteiger partial charge in [-0.25, -0.2) is 0 Å². The van der Waals surface area contributed by atoms with E-state index < -0.39 is 5.97 Å². The topological polar surface area (TPSA) is 46.5 Å². The molecule has 1 saturated carbocycles. The van der Waals surface area contributed by atoms with Crippen LogP contribution < -0.4 is 0 Å². The van der Waals surface area contributed by atoms with Crippen LogP contribution in [-0.4, -0.2) is 35.3 Å². The highest BCUT2D eigenvalue weighted by Gasteiger charge is 2.30. The van der Waals surface area contributed by atoms with Crippen molar-refractivity contribution in [2.45, 2.75) is 57.5 Å². The molecule has 2 atom stereocenters. The van der Waals surface area contributed by atoms with Crippen molar-refractivity contribution in [1.82, 2.24) is 0 Å². The van der Waals surface area contributed by atoms with Crippen LogP contribution in [0, 0.1) is 11.8 Å². The third kappa shape index (κ3) is 6.17. The van der Waals surface area contributed by atoms with Crippen LogP contribution in [0.25, 0.3) is 0 Å². The molecule has 0 spiro atoms. The Labute approximate surface area is 120 Å². The Hall–Kier alpha value is -0.220. The SMILES string of the molecule is O=C(O)CCCCCC[C@@H]1CSC[C@H]1COC1CC1. The van der Waals surface area contributed by atoms with Crippen molar-refractivity contribution in [3.05, 3.63) is 0 Å². The van der Waals surface area contributed by atoms with E-state index in [9.17, 15) is 4.79 Å². The Balaban J connectivity index is 1.50. The van der Waals surface area contributed by atoms with Gasteiger partial charge in [0.1, 0.15) is 0 Å². The van der Waals surface area contributed by atoms with Gasteiger partial charge in [0.05, 0.1) is 12.7 Å². The molecular weight excluding hydrogens is 260 g/mol. The quantitative estimate of drug-likeness (QED) is 0.624. The monoisotopic (exact) mass is 286 g/mol. The molecule has 1 saturated heterocycles. The summed E-state index contributed by atoms with van der Waals surface area (Å²) in [6.07, 6.45) is 9.11. The number of carboxylic acids is 1. The number of carboxylic acid groups (broad SMARTS) is 1. The molecule has 19 heavy (non-hydrogen) atoms. The minimum atomic E-state index is -0.663. The molecule has 110 valence electrons. The number of thioether (sulfide) groups is 1. The van der Waals surface area contributed by atoms with Gasteiger partial charge in [0, 0.05) is 6.42 Å². The van der Waals surface area contributed by atoms with Gasteiger partial charge in [0.15, 0.2) is 0 Å². The standard InChI is InChI=1S/C15H26O3S/c16-15(17)6-4-2-1-3-5-12-10-19-11-13(12)9-18-14-7-8-14/h12-14H,1-11H2,(H,16,17)/t12-,13-/m1/s1. The van der Waals surface area contributed by atoms with Crippen molar-refractivity contribution in [3.63, 3.8) is 0 Å². The zero-order valence-electron chi connectivity index (χ0n) is 11.7. The lowest BCUT2D eigenvalue weighted by molar-refractivity contribution is -0.137. The van der Waals surface area contributed by atoms with Crippen LogP contribution in [0.5, 0.6) is 0 Å². The highest BCUT2D eigenvalue weighted by Crippen LogP contribution is 2.35. The second kappa shape index (κ2) is 8.15. The molecule has 2 rings (SSSR count). The van der Waals surface area contributed by atoms with E-state index in [1.165, 1.54) is 43.6 Å². The molecule has 0 bridgehead atoms. The van der Waals surface area contributed by atoms with Crippen LogP contribution in [0.3, 0.4) is 0 Å². The third-order valence-corrected chi connectivity index (χ3v) is 5.44. The Bertz CT molecular complexity index is 279. The Morgan fingerprint density at radius 2 is 1.84 bits per heavy atom. The van der Waals surface area contributed by atoms with E-state index in [1.54, 1.807) is 0 Å². The predicted molar refractivity (Wildman–Crippen MR) is 78.6 cm³/mol. The van der Waals surface area contributed by atoms with Crippen LogP contribution >= 0.6 is 11.8 Å². The zero-order valence-corrected chi connectivity index (χ0v) is 12.5. The lowest BCUT2D eigenvalue weighted by Gasteiger charge is -2.18. The smallest absolute Gasteiger partial charge is 0.303 e. The number of rotatable bonds is 10. The number of aliphatic carboxylic acids is 1. The van der Waals surface area contributed by atoms with Crippen molar-refractivity contribution in [3.8, 4) is 0 Å². The molecule has 0 aromatic heterocycles. The van der Waals surface area contributed by atoms with E-state index in [4.69, 9.17) is 9.84 Å². The minimum absolute atomic E-state index is 0.330. The first-order valence-electron chi connectivity index (χ1n) is 7.67. The van der Waals surface area contributed by atoms with Gasteiger partial charge >= 0.3 is 5.97 Å². The second-order valence-electron chi connectivity index (χ2n) is 5.94. The lowest BCUT2D eigenvalue weighted by Crippen LogP contribution is -2.19. The third-order valence-electron chi connectivity index (χ3n) is 4.12.